The van der Waals surface area contributed by atoms with E-state index in [0.29, 0.717) is 36.0 Å². The molecule has 0 spiro atoms. The summed E-state index contributed by atoms with van der Waals surface area (Å²) in [6, 6.07) is 11.5. The molecule has 2 aromatic carbocycles. The second-order valence-corrected chi connectivity index (χ2v) is 9.25. The Kier molecular flexibility index (Phi) is 5.77. The third-order valence-electron chi connectivity index (χ3n) is 4.57. The molecule has 0 fully saturated rings. The molecule has 0 radical (unpaired) electrons. The van der Waals surface area contributed by atoms with Crippen LogP contribution in [0.5, 0.6) is 0 Å². The molecule has 5 nitrogen and oxygen atoms in total. The van der Waals surface area contributed by atoms with Gasteiger partial charge in [-0.15, -0.1) is 0 Å². The fraction of sp³-hybridized carbons (Fsp3) is 0.350. The first-order chi connectivity index (χ1) is 12.8. The fourth-order valence-corrected chi connectivity index (χ4v) is 4.45. The van der Waals surface area contributed by atoms with E-state index in [1.807, 2.05) is 17.0 Å². The van der Waals surface area contributed by atoms with Gasteiger partial charge in [0.05, 0.1) is 4.90 Å². The number of nitrogens with zero attached hydrogens (tertiary/aromatic N) is 1. The van der Waals surface area contributed by atoms with E-state index < -0.39 is 10.0 Å². The molecule has 27 heavy (non-hydrogen) atoms. The van der Waals surface area contributed by atoms with Gasteiger partial charge in [-0.05, 0) is 60.7 Å². The van der Waals surface area contributed by atoms with Crippen LogP contribution in [0, 0.1) is 5.92 Å². The van der Waals surface area contributed by atoms with Gasteiger partial charge in [0.2, 0.25) is 5.91 Å². The number of nitrogens with one attached hydrogen (secondary N) is 1. The molecule has 1 heterocycles. The largest absolute Gasteiger partial charge is 0.312 e. The van der Waals surface area contributed by atoms with E-state index in [0.717, 1.165) is 17.7 Å². The van der Waals surface area contributed by atoms with Crippen molar-refractivity contribution in [2.45, 2.75) is 38.0 Å². The maximum Gasteiger partial charge on any atom is 0.261 e. The summed E-state index contributed by atoms with van der Waals surface area (Å²) in [6.07, 6.45) is 1.98. The van der Waals surface area contributed by atoms with Gasteiger partial charge in [-0.1, -0.05) is 31.5 Å². The van der Waals surface area contributed by atoms with Gasteiger partial charge in [-0.2, -0.15) is 0 Å². The standard InChI is InChI=1S/C20H23ClN2O3S/c1-14(2)10-11-23-19-8-7-17(12-15(19)6-9-20(23)24)22-27(25,26)18-5-3-4-16(21)13-18/h3-5,7-8,12-14,22H,6,9-11H2,1-2H3. The molecular weight excluding hydrogens is 384 g/mol. The highest BCUT2D eigenvalue weighted by molar-refractivity contribution is 7.92. The third kappa shape index (κ3) is 4.62. The zero-order valence-corrected chi connectivity index (χ0v) is 17.0. The molecule has 0 aliphatic carbocycles. The molecule has 0 bridgehead atoms. The van der Waals surface area contributed by atoms with Crippen molar-refractivity contribution in [2.24, 2.45) is 5.92 Å². The van der Waals surface area contributed by atoms with E-state index in [9.17, 15) is 13.2 Å². The van der Waals surface area contributed by atoms with Crippen molar-refractivity contribution >= 4 is 38.9 Å². The predicted octanol–water partition coefficient (Wildman–Crippen LogP) is 4.47. The predicted molar refractivity (Wildman–Crippen MR) is 109 cm³/mol. The van der Waals surface area contributed by atoms with E-state index in [4.69, 9.17) is 11.6 Å². The van der Waals surface area contributed by atoms with Gasteiger partial charge < -0.3 is 4.90 Å². The number of sulfonamides is 1. The minimum absolute atomic E-state index is 0.112. The van der Waals surface area contributed by atoms with Crippen LogP contribution < -0.4 is 9.62 Å². The second-order valence-electron chi connectivity index (χ2n) is 7.13. The molecule has 144 valence electrons. The third-order valence-corrected chi connectivity index (χ3v) is 6.18. The molecule has 7 heteroatoms. The number of fused-ring (bicyclic) bond motifs is 1. The van der Waals surface area contributed by atoms with Crippen molar-refractivity contribution in [1.29, 1.82) is 0 Å². The van der Waals surface area contributed by atoms with Gasteiger partial charge in [0.1, 0.15) is 0 Å². The summed E-state index contributed by atoms with van der Waals surface area (Å²) < 4.78 is 27.8. The first-order valence-corrected chi connectivity index (χ1v) is 10.8. The molecule has 3 rings (SSSR count). The zero-order chi connectivity index (χ0) is 19.6. The van der Waals surface area contributed by atoms with Gasteiger partial charge in [0, 0.05) is 29.4 Å². The molecule has 1 aliphatic rings. The first kappa shape index (κ1) is 19.7. The summed E-state index contributed by atoms with van der Waals surface area (Å²) >= 11 is 5.90. The van der Waals surface area contributed by atoms with Crippen LogP contribution in [-0.4, -0.2) is 20.9 Å². The van der Waals surface area contributed by atoms with Crippen LogP contribution in [0.1, 0.15) is 32.3 Å². The van der Waals surface area contributed by atoms with Crippen molar-refractivity contribution in [3.05, 3.63) is 53.1 Å². The van der Waals surface area contributed by atoms with E-state index in [-0.39, 0.29) is 10.8 Å². The quantitative estimate of drug-likeness (QED) is 0.769. The van der Waals surface area contributed by atoms with Crippen LogP contribution in [0.3, 0.4) is 0 Å². The van der Waals surface area contributed by atoms with Crippen LogP contribution in [0.25, 0.3) is 0 Å². The van der Waals surface area contributed by atoms with Crippen LogP contribution in [0.15, 0.2) is 47.4 Å². The average molecular weight is 407 g/mol. The number of halogens is 1. The summed E-state index contributed by atoms with van der Waals surface area (Å²) in [5, 5.41) is 0.364. The van der Waals surface area contributed by atoms with Gasteiger partial charge in [-0.25, -0.2) is 8.42 Å². The monoisotopic (exact) mass is 406 g/mol. The number of aryl methyl sites for hydroxylation is 1. The Labute approximate surface area is 165 Å². The molecule has 0 saturated heterocycles. The van der Waals surface area contributed by atoms with Gasteiger partial charge in [0.15, 0.2) is 0 Å². The Bertz CT molecular complexity index is 957. The maximum atomic E-state index is 12.6. The molecule has 0 saturated carbocycles. The number of hydrogen-bond acceptors (Lipinski definition) is 3. The van der Waals surface area contributed by atoms with Crippen molar-refractivity contribution < 1.29 is 13.2 Å². The molecule has 1 N–H and O–H groups in total. The Balaban J connectivity index is 1.84. The maximum absolute atomic E-state index is 12.6. The van der Waals surface area contributed by atoms with Crippen LogP contribution in [0.2, 0.25) is 5.02 Å². The molecule has 0 atom stereocenters. The normalized spacial score (nSPS) is 14.4. The lowest BCUT2D eigenvalue weighted by atomic mass is 9.99. The Morgan fingerprint density at radius 1 is 1.15 bits per heavy atom. The highest BCUT2D eigenvalue weighted by atomic mass is 35.5. The van der Waals surface area contributed by atoms with Gasteiger partial charge >= 0.3 is 0 Å². The average Bonchev–Trinajstić information content (AvgIpc) is 2.60. The van der Waals surface area contributed by atoms with Crippen molar-refractivity contribution in [1.82, 2.24) is 0 Å². The van der Waals surface area contributed by atoms with Crippen LogP contribution >= 0.6 is 11.6 Å². The Morgan fingerprint density at radius 2 is 1.93 bits per heavy atom. The van der Waals surface area contributed by atoms with E-state index in [2.05, 4.69) is 18.6 Å². The lowest BCUT2D eigenvalue weighted by molar-refractivity contribution is -0.118. The SMILES string of the molecule is CC(C)CCN1C(=O)CCc2cc(NS(=O)(=O)c3cccc(Cl)c3)ccc21. The van der Waals surface area contributed by atoms with Crippen LogP contribution in [-0.2, 0) is 21.2 Å². The molecule has 2 aromatic rings. The topological polar surface area (TPSA) is 66.5 Å². The highest BCUT2D eigenvalue weighted by Gasteiger charge is 2.25. The number of anilines is 2. The number of hydrogen-bond donors (Lipinski definition) is 1. The van der Waals surface area contributed by atoms with E-state index in [1.54, 1.807) is 18.2 Å². The number of rotatable bonds is 6. The van der Waals surface area contributed by atoms with Crippen molar-refractivity contribution in [3.8, 4) is 0 Å². The smallest absolute Gasteiger partial charge is 0.261 e. The minimum atomic E-state index is -3.72. The number of benzene rings is 2. The highest BCUT2D eigenvalue weighted by Crippen LogP contribution is 2.31. The van der Waals surface area contributed by atoms with Gasteiger partial charge in [0.25, 0.3) is 10.0 Å². The molecular formula is C20H23ClN2O3S. The summed E-state index contributed by atoms with van der Waals surface area (Å²) in [6.45, 7) is 4.93. The zero-order valence-electron chi connectivity index (χ0n) is 15.4. The van der Waals surface area contributed by atoms with Crippen molar-refractivity contribution in [2.75, 3.05) is 16.2 Å². The van der Waals surface area contributed by atoms with E-state index >= 15 is 0 Å². The molecule has 1 amide bonds. The number of amides is 1. The van der Waals surface area contributed by atoms with Gasteiger partial charge in [-0.3, -0.25) is 9.52 Å². The summed E-state index contributed by atoms with van der Waals surface area (Å²) in [5.41, 5.74) is 2.33. The lowest BCUT2D eigenvalue weighted by Crippen LogP contribution is -2.36. The minimum Gasteiger partial charge on any atom is -0.312 e. The summed E-state index contributed by atoms with van der Waals surface area (Å²) in [7, 11) is -3.72. The lowest BCUT2D eigenvalue weighted by Gasteiger charge is -2.30. The molecule has 0 unspecified atom stereocenters. The Morgan fingerprint density at radius 3 is 2.63 bits per heavy atom. The molecule has 1 aliphatic heterocycles. The number of carbonyl (C=O) groups excluding carboxylic acids is 1. The van der Waals surface area contributed by atoms with Crippen LogP contribution in [0.4, 0.5) is 11.4 Å². The second kappa shape index (κ2) is 7.90. The Hall–Kier alpha value is -2.05. The number of carbonyl (C=O) groups is 1. The van der Waals surface area contributed by atoms with Crippen molar-refractivity contribution in [3.63, 3.8) is 0 Å². The first-order valence-electron chi connectivity index (χ1n) is 8.98. The summed E-state index contributed by atoms with van der Waals surface area (Å²) in [4.78, 5) is 14.2. The molecule has 0 aromatic heterocycles. The fourth-order valence-electron chi connectivity index (χ4n) is 3.10. The van der Waals surface area contributed by atoms with E-state index in [1.165, 1.54) is 12.1 Å². The summed E-state index contributed by atoms with van der Waals surface area (Å²) in [5.74, 6) is 0.627.